The third-order valence-corrected chi connectivity index (χ3v) is 24.0. The number of nitrogens with two attached hydrogens (primary N) is 9. The Kier molecular flexibility index (Phi) is 54.4. The molecule has 804 valence electrons. The van der Waals surface area contributed by atoms with Gasteiger partial charge in [-0.3, -0.25) is 88.1 Å². The largest absolute Gasteiger partial charge is 0.508 e. The zero-order valence-corrected chi connectivity index (χ0v) is 83.4. The zero-order chi connectivity index (χ0) is 108. The Balaban J connectivity index is 1.48. The molecule has 0 radical (unpaired) electrons. The molecule has 146 heavy (non-hydrogen) atoms. The van der Waals surface area contributed by atoms with Crippen LogP contribution in [0.15, 0.2) is 91.0 Å². The number of hydrogen-bond acceptors (Lipinski definition) is 27. The minimum atomic E-state index is -1.67. The maximum Gasteiger partial charge on any atom is 0.312 e. The first kappa shape index (κ1) is 122. The van der Waals surface area contributed by atoms with Gasteiger partial charge in [-0.05, 0) is 193 Å². The average Bonchev–Trinajstić information content (AvgIpc) is 1.78. The van der Waals surface area contributed by atoms with Gasteiger partial charge >= 0.3 is 18.1 Å². The molecule has 52 nitrogen and oxygen atoms in total. The van der Waals surface area contributed by atoms with Gasteiger partial charge in [0.2, 0.25) is 88.6 Å². The minimum absolute atomic E-state index is 0.0137. The van der Waals surface area contributed by atoms with E-state index >= 15 is 33.6 Å². The van der Waals surface area contributed by atoms with Crippen LogP contribution in [0.1, 0.15) is 152 Å². The summed E-state index contributed by atoms with van der Waals surface area (Å²) in [6, 6.07) is -0.330. The highest BCUT2D eigenvalue weighted by molar-refractivity contribution is 7.80. The first-order valence-corrected chi connectivity index (χ1v) is 49.3. The van der Waals surface area contributed by atoms with Crippen molar-refractivity contribution in [2.75, 3.05) is 70.4 Å². The van der Waals surface area contributed by atoms with Crippen LogP contribution in [0.3, 0.4) is 0 Å². The monoisotopic (exact) mass is 2080 g/mol. The van der Waals surface area contributed by atoms with Crippen LogP contribution in [0.2, 0.25) is 0 Å². The van der Waals surface area contributed by atoms with Gasteiger partial charge in [0, 0.05) is 83.5 Å². The molecule has 5 rings (SSSR count). The Labute approximate surface area is 855 Å². The lowest BCUT2D eigenvalue weighted by molar-refractivity contribution is -0.142. The molecule has 4 aromatic carbocycles. The molecule has 1 fully saturated rings. The number of nitrogens with zero attached hydrogens (tertiary/aromatic N) is 1. The summed E-state index contributed by atoms with van der Waals surface area (Å²) in [4.78, 5) is 255. The van der Waals surface area contributed by atoms with E-state index in [4.69, 9.17) is 67.8 Å². The number of carbonyl (C=O) groups is 18. The maximum absolute atomic E-state index is 15.4. The van der Waals surface area contributed by atoms with Gasteiger partial charge in [-0.1, -0.05) is 66.7 Å². The third kappa shape index (κ3) is 45.7. The number of benzene rings is 4. The molecule has 0 unspecified atom stereocenters. The molecule has 1 aliphatic heterocycles. The van der Waals surface area contributed by atoms with Crippen molar-refractivity contribution in [3.8, 4) is 11.5 Å². The number of hydrogen-bond donors (Lipinski definition) is 35. The van der Waals surface area contributed by atoms with Crippen molar-refractivity contribution in [1.82, 2.24) is 106 Å². The van der Waals surface area contributed by atoms with Crippen LogP contribution in [-0.4, -0.2) is 295 Å². The van der Waals surface area contributed by atoms with Gasteiger partial charge in [-0.15, -0.1) is 0 Å². The summed E-state index contributed by atoms with van der Waals surface area (Å²) >= 11 is 8.71. The number of urea groups is 3. The predicted molar refractivity (Wildman–Crippen MR) is 547 cm³/mol. The van der Waals surface area contributed by atoms with Crippen LogP contribution in [-0.2, 0) is 91.2 Å². The Morgan fingerprint density at radius 2 is 0.616 bits per heavy atom. The number of primary amides is 4. The standard InChI is InChI=1S/C92H144N32O20S2/c1-51(125)111-60(20-9-39-106-88(98)99)74(129)114-64(21-10-40-107-89(100)101)78(133)119-69(48-54-26-31-55-15-2-3-16-56(55)45-54)82(137)123-71(50-146)84(139)120-67(46-52-27-32-57(126)33-28-52)80(135)116-62(22-11-41-108-90(102)142)75(130)113-61(17-4-6-36-93)77(132)118-66(18-5-7-37-94)86(141)124-44-14-25-72(124)85(140)121-68(47-53-29-34-58(127)35-30-53)81(136)117-63(23-12-42-109-91(103)143)76(131)115-65(24-13-43-110-92(104)144)79(134)122-70(49-145)83(138)112-59(73(95)128)19-8-38-105-87(96)97/h2-3,15-16,26-35,45,59-72,126-127,145-146H,4-14,17-25,36-44,46-50,93-94H2,1H3,(H2,95,128)(H,111,125)(H,112,138)(H,113,130)(H,114,129)(H,115,131)(H,116,135)(H,117,136)(H,118,132)(H,119,133)(H,120,139)(H,121,140)(H,122,134)(H,123,137)(H4,96,97,105)(H4,98,99,106)(H4,100,101,107)(H3,102,108,142)(H3,103,109,143)(H3,104,110,144)/t59-,60-,61-,62-,63-,64-,65-,66+,67-,68-,69-,70-,71-,72-/m0/s1. The van der Waals surface area contributed by atoms with Gasteiger partial charge in [0.15, 0.2) is 17.9 Å². The smallest absolute Gasteiger partial charge is 0.312 e. The Hall–Kier alpha value is -15.0. The molecule has 1 saturated heterocycles. The van der Waals surface area contributed by atoms with Crippen LogP contribution in [0, 0.1) is 16.2 Å². The van der Waals surface area contributed by atoms with Crippen molar-refractivity contribution in [2.45, 2.75) is 239 Å². The van der Waals surface area contributed by atoms with E-state index in [1.54, 1.807) is 24.3 Å². The summed E-state index contributed by atoms with van der Waals surface area (Å²) in [5.74, 6) is -16.1. The molecule has 0 saturated carbocycles. The molecule has 54 heteroatoms. The summed E-state index contributed by atoms with van der Waals surface area (Å²) in [5.41, 5.74) is 51.2. The molecule has 1 aliphatic rings. The summed E-state index contributed by atoms with van der Waals surface area (Å²) in [7, 11) is 0. The van der Waals surface area contributed by atoms with E-state index in [9.17, 15) is 63.0 Å². The number of phenolic OH excluding ortho intramolecular Hbond substituents is 2. The molecule has 0 aromatic heterocycles. The summed E-state index contributed by atoms with van der Waals surface area (Å²) in [6.07, 6.45) is -0.594. The second-order valence-electron chi connectivity index (χ2n) is 34.9. The van der Waals surface area contributed by atoms with E-state index in [1.165, 1.54) is 60.4 Å². The molecule has 42 N–H and O–H groups in total. The number of likely N-dealkylation sites (tertiary alicyclic amines) is 1. The quantitative estimate of drug-likeness (QED) is 0.00846. The van der Waals surface area contributed by atoms with E-state index in [2.05, 4.69) is 126 Å². The number of carbonyl (C=O) groups excluding carboxylic acids is 18. The average molecular weight is 2080 g/mol. The summed E-state index contributed by atoms with van der Waals surface area (Å²) in [6.45, 7) is 1.24. The normalized spacial score (nSPS) is 14.7. The number of phenols is 2. The molecular formula is C92H144N32O20S2. The number of guanidine groups is 3. The van der Waals surface area contributed by atoms with Crippen molar-refractivity contribution >= 4 is 161 Å². The molecule has 4 aromatic rings. The fourth-order valence-electron chi connectivity index (χ4n) is 15.6. The SMILES string of the molecule is CC(=O)N[C@@H](CCCNC(=N)N)C(=O)N[C@@H](CCCNC(=N)N)C(=O)N[C@@H](Cc1ccc2ccccc2c1)C(=O)N[C@@H](CS)C(=O)N[C@@H](Cc1ccc(O)cc1)C(=O)N[C@@H](CCCNC(N)=O)C(=O)N[C@@H](CCCCN)C(=O)N[C@H](CCCCN)C(=O)N1CCC[C@H]1C(=O)N[C@@H](Cc1ccc(O)cc1)C(=O)N[C@@H](CCCNC(N)=O)C(=O)N[C@@H](CCCNC(N)=O)C(=O)N[C@@H](CS)C(=O)N[C@@H](CCCNC(=N)N)C(N)=O. The van der Waals surface area contributed by atoms with E-state index in [0.717, 1.165) is 10.8 Å². The fourth-order valence-corrected chi connectivity index (χ4v) is 16.2. The number of aromatic hydroxyl groups is 2. The summed E-state index contributed by atoms with van der Waals surface area (Å²) < 4.78 is 0. The van der Waals surface area contributed by atoms with Crippen LogP contribution >= 0.6 is 25.3 Å². The van der Waals surface area contributed by atoms with Crippen LogP contribution < -0.4 is 153 Å². The molecule has 21 amide bonds. The fraction of sp³-hybridized carbons (Fsp3) is 0.533. The van der Waals surface area contributed by atoms with E-state index < -0.39 is 197 Å². The number of thiol groups is 2. The number of unbranched alkanes of at least 4 members (excludes halogenated alkanes) is 2. The highest BCUT2D eigenvalue weighted by atomic mass is 32.1. The number of nitrogens with one attached hydrogen (secondary N) is 22. The topological polar surface area (TPSA) is 885 Å². The summed E-state index contributed by atoms with van der Waals surface area (Å²) in [5, 5.41) is 94.3. The van der Waals surface area contributed by atoms with Crippen molar-refractivity contribution in [1.29, 1.82) is 16.2 Å². The van der Waals surface area contributed by atoms with Crippen molar-refractivity contribution in [3.05, 3.63) is 108 Å². The maximum atomic E-state index is 15.4. The lowest BCUT2D eigenvalue weighted by Crippen LogP contribution is -2.61. The molecule has 0 bridgehead atoms. The van der Waals surface area contributed by atoms with Crippen LogP contribution in [0.4, 0.5) is 14.4 Å². The lowest BCUT2D eigenvalue weighted by atomic mass is 10.00. The lowest BCUT2D eigenvalue weighted by Gasteiger charge is -2.31. The van der Waals surface area contributed by atoms with Gasteiger partial charge in [0.1, 0.15) is 96.1 Å². The van der Waals surface area contributed by atoms with E-state index in [1.807, 2.05) is 18.2 Å². The number of rotatable bonds is 67. The van der Waals surface area contributed by atoms with E-state index in [0.29, 0.717) is 29.5 Å². The van der Waals surface area contributed by atoms with Crippen LogP contribution in [0.5, 0.6) is 11.5 Å². The van der Waals surface area contributed by atoms with Crippen molar-refractivity contribution < 1.29 is 96.5 Å². The Bertz CT molecular complexity index is 5070. The third-order valence-electron chi connectivity index (χ3n) is 23.3. The second-order valence-corrected chi connectivity index (χ2v) is 35.6. The Morgan fingerprint density at radius 3 is 0.959 bits per heavy atom. The van der Waals surface area contributed by atoms with Crippen LogP contribution in [0.25, 0.3) is 10.8 Å². The second kappa shape index (κ2) is 65.3. The van der Waals surface area contributed by atoms with Gasteiger partial charge < -0.3 is 168 Å². The molecular weight excluding hydrogens is 1940 g/mol. The molecule has 14 atom stereocenters. The van der Waals surface area contributed by atoms with Gasteiger partial charge in [0.25, 0.3) is 0 Å². The highest BCUT2D eigenvalue weighted by Gasteiger charge is 2.42. The molecule has 1 heterocycles. The minimum Gasteiger partial charge on any atom is -0.508 e. The van der Waals surface area contributed by atoms with Crippen molar-refractivity contribution in [2.24, 2.45) is 51.6 Å². The first-order valence-electron chi connectivity index (χ1n) is 48.0. The van der Waals surface area contributed by atoms with Crippen molar-refractivity contribution in [3.63, 3.8) is 0 Å². The van der Waals surface area contributed by atoms with Gasteiger partial charge in [-0.25, -0.2) is 14.4 Å². The number of amides is 21. The predicted octanol–water partition coefficient (Wildman–Crippen LogP) is -6.67. The highest BCUT2D eigenvalue weighted by Crippen LogP contribution is 2.24. The zero-order valence-electron chi connectivity index (χ0n) is 81.6. The molecule has 0 spiro atoms. The van der Waals surface area contributed by atoms with Gasteiger partial charge in [0.05, 0.1) is 0 Å². The first-order chi connectivity index (χ1) is 69.5. The van der Waals surface area contributed by atoms with E-state index in [-0.39, 0.29) is 229 Å². The number of fused-ring (bicyclic) bond motifs is 1. The van der Waals surface area contributed by atoms with Gasteiger partial charge in [-0.2, -0.15) is 25.3 Å². The molecule has 0 aliphatic carbocycles. The Morgan fingerprint density at radius 1 is 0.336 bits per heavy atom.